The predicted octanol–water partition coefficient (Wildman–Crippen LogP) is 4.03. The summed E-state index contributed by atoms with van der Waals surface area (Å²) in [5.41, 5.74) is 5.64. The fourth-order valence-electron chi connectivity index (χ4n) is 2.49. The maximum absolute atomic E-state index is 6.26. The molecule has 2 aromatic rings. The summed E-state index contributed by atoms with van der Waals surface area (Å²) in [6.45, 7) is 0. The molecule has 1 aliphatic carbocycles. The van der Waals surface area contributed by atoms with E-state index in [-0.39, 0.29) is 0 Å². The number of halogens is 1. The van der Waals surface area contributed by atoms with E-state index >= 15 is 0 Å². The zero-order chi connectivity index (χ0) is 11.0. The van der Waals surface area contributed by atoms with Gasteiger partial charge in [-0.15, -0.1) is 0 Å². The van der Waals surface area contributed by atoms with E-state index in [1.807, 2.05) is 6.07 Å². The molecule has 2 aromatic carbocycles. The Kier molecular flexibility index (Phi) is 2.45. The van der Waals surface area contributed by atoms with Gasteiger partial charge in [-0.2, -0.15) is 0 Å². The van der Waals surface area contributed by atoms with Crippen LogP contribution in [0.25, 0.3) is 0 Å². The molecular weight excluding hydrogens is 216 g/mol. The Balaban J connectivity index is 2.12. The molecule has 0 atom stereocenters. The zero-order valence-corrected chi connectivity index (χ0v) is 9.80. The Morgan fingerprint density at radius 2 is 1.50 bits per heavy atom. The molecule has 0 aromatic heterocycles. The lowest BCUT2D eigenvalue weighted by Gasteiger charge is -2.07. The molecule has 80 valence electrons. The molecule has 1 heteroatoms. The van der Waals surface area contributed by atoms with Gasteiger partial charge < -0.3 is 0 Å². The second-order valence-corrected chi connectivity index (χ2v) is 4.73. The quantitative estimate of drug-likeness (QED) is 0.639. The van der Waals surface area contributed by atoms with Crippen LogP contribution in [0.4, 0.5) is 0 Å². The average molecular weight is 229 g/mol. The lowest BCUT2D eigenvalue weighted by atomic mass is 10.0. The van der Waals surface area contributed by atoms with Gasteiger partial charge in [0.15, 0.2) is 0 Å². The second-order valence-electron chi connectivity index (χ2n) is 4.32. The maximum atomic E-state index is 6.26. The van der Waals surface area contributed by atoms with Crippen molar-refractivity contribution in [2.45, 2.75) is 19.3 Å². The highest BCUT2D eigenvalue weighted by atomic mass is 35.5. The van der Waals surface area contributed by atoms with Crippen molar-refractivity contribution in [2.75, 3.05) is 0 Å². The molecule has 0 saturated heterocycles. The second kappa shape index (κ2) is 3.95. The van der Waals surface area contributed by atoms with Gasteiger partial charge in [-0.1, -0.05) is 48.0 Å². The highest BCUT2D eigenvalue weighted by Gasteiger charge is 2.14. The van der Waals surface area contributed by atoms with Gasteiger partial charge in [0.2, 0.25) is 0 Å². The minimum Gasteiger partial charge on any atom is -0.0840 e. The van der Waals surface area contributed by atoms with Crippen LogP contribution >= 0.6 is 11.6 Å². The number of benzene rings is 2. The van der Waals surface area contributed by atoms with E-state index in [1.54, 1.807) is 0 Å². The highest BCUT2D eigenvalue weighted by Crippen LogP contribution is 2.28. The summed E-state index contributed by atoms with van der Waals surface area (Å²) >= 11 is 6.26. The zero-order valence-electron chi connectivity index (χ0n) is 9.04. The molecule has 0 nitrogen and oxygen atoms in total. The monoisotopic (exact) mass is 228 g/mol. The van der Waals surface area contributed by atoms with Crippen LogP contribution in [0, 0.1) is 0 Å². The van der Waals surface area contributed by atoms with E-state index in [2.05, 4.69) is 36.4 Å². The van der Waals surface area contributed by atoms with Crippen LogP contribution in [0.15, 0.2) is 42.5 Å². The van der Waals surface area contributed by atoms with Crippen molar-refractivity contribution in [3.63, 3.8) is 0 Å². The van der Waals surface area contributed by atoms with Crippen LogP contribution in [-0.2, 0) is 19.3 Å². The van der Waals surface area contributed by atoms with Crippen LogP contribution < -0.4 is 0 Å². The standard InChI is InChI=1S/C15H13Cl/c16-15-7-3-6-13-10-12-5-2-1-4-11(12)8-9-14(13)15/h1-7H,8-10H2. The van der Waals surface area contributed by atoms with E-state index < -0.39 is 0 Å². The molecule has 1 aliphatic rings. The van der Waals surface area contributed by atoms with E-state index in [0.717, 1.165) is 24.3 Å². The first-order chi connectivity index (χ1) is 7.84. The van der Waals surface area contributed by atoms with Crippen molar-refractivity contribution in [1.82, 2.24) is 0 Å². The van der Waals surface area contributed by atoms with Gasteiger partial charge in [0.25, 0.3) is 0 Å². The van der Waals surface area contributed by atoms with E-state index in [0.29, 0.717) is 0 Å². The molecule has 0 saturated carbocycles. The summed E-state index contributed by atoms with van der Waals surface area (Å²) in [6, 6.07) is 14.9. The first kappa shape index (κ1) is 9.92. The van der Waals surface area contributed by atoms with Gasteiger partial charge in [-0.05, 0) is 47.6 Å². The lowest BCUT2D eigenvalue weighted by Crippen LogP contribution is -1.92. The number of rotatable bonds is 0. The third kappa shape index (κ3) is 1.64. The molecule has 0 bridgehead atoms. The van der Waals surface area contributed by atoms with Crippen molar-refractivity contribution in [3.05, 3.63) is 69.7 Å². The van der Waals surface area contributed by atoms with Crippen molar-refractivity contribution >= 4 is 11.6 Å². The topological polar surface area (TPSA) is 0 Å². The Morgan fingerprint density at radius 1 is 0.750 bits per heavy atom. The van der Waals surface area contributed by atoms with Gasteiger partial charge in [0, 0.05) is 5.02 Å². The minimum absolute atomic E-state index is 0.922. The first-order valence-corrected chi connectivity index (χ1v) is 6.05. The third-order valence-electron chi connectivity index (χ3n) is 3.36. The molecule has 0 amide bonds. The summed E-state index contributed by atoms with van der Waals surface area (Å²) < 4.78 is 0. The summed E-state index contributed by atoms with van der Waals surface area (Å²) in [6.07, 6.45) is 3.19. The third-order valence-corrected chi connectivity index (χ3v) is 3.71. The van der Waals surface area contributed by atoms with Crippen molar-refractivity contribution in [1.29, 1.82) is 0 Å². The molecule has 0 spiro atoms. The molecular formula is C15H13Cl. The Bertz CT molecular complexity index is 529. The lowest BCUT2D eigenvalue weighted by molar-refractivity contribution is 0.965. The van der Waals surface area contributed by atoms with Gasteiger partial charge in [0.1, 0.15) is 0 Å². The number of fused-ring (bicyclic) bond motifs is 2. The Hall–Kier alpha value is -1.27. The van der Waals surface area contributed by atoms with Gasteiger partial charge in [-0.25, -0.2) is 0 Å². The predicted molar refractivity (Wildman–Crippen MR) is 68.1 cm³/mol. The van der Waals surface area contributed by atoms with E-state index in [9.17, 15) is 0 Å². The van der Waals surface area contributed by atoms with Crippen LogP contribution in [0.2, 0.25) is 5.02 Å². The summed E-state index contributed by atoms with van der Waals surface area (Å²) in [4.78, 5) is 0. The highest BCUT2D eigenvalue weighted by molar-refractivity contribution is 6.31. The van der Waals surface area contributed by atoms with Crippen LogP contribution in [0.1, 0.15) is 22.3 Å². The first-order valence-electron chi connectivity index (χ1n) is 5.67. The molecule has 0 fully saturated rings. The maximum Gasteiger partial charge on any atom is 0.0440 e. The van der Waals surface area contributed by atoms with Crippen LogP contribution in [0.5, 0.6) is 0 Å². The van der Waals surface area contributed by atoms with Crippen molar-refractivity contribution in [3.8, 4) is 0 Å². The molecule has 0 radical (unpaired) electrons. The largest absolute Gasteiger partial charge is 0.0840 e. The molecule has 16 heavy (non-hydrogen) atoms. The summed E-state index contributed by atoms with van der Waals surface area (Å²) in [5.74, 6) is 0. The van der Waals surface area contributed by atoms with Gasteiger partial charge >= 0.3 is 0 Å². The van der Waals surface area contributed by atoms with Gasteiger partial charge in [-0.3, -0.25) is 0 Å². The smallest absolute Gasteiger partial charge is 0.0440 e. The Morgan fingerprint density at radius 3 is 2.38 bits per heavy atom. The SMILES string of the molecule is Clc1cccc2c1CCc1ccccc1C2. The molecule has 3 rings (SSSR count). The average Bonchev–Trinajstić information content (AvgIpc) is 2.48. The van der Waals surface area contributed by atoms with E-state index in [1.165, 1.54) is 22.3 Å². The molecule has 0 aliphatic heterocycles. The van der Waals surface area contributed by atoms with Crippen molar-refractivity contribution in [2.24, 2.45) is 0 Å². The van der Waals surface area contributed by atoms with Crippen LogP contribution in [0.3, 0.4) is 0 Å². The summed E-state index contributed by atoms with van der Waals surface area (Å²) in [5, 5.41) is 0.922. The normalized spacial score (nSPS) is 13.8. The molecule has 0 heterocycles. The fraction of sp³-hybridized carbons (Fsp3) is 0.200. The van der Waals surface area contributed by atoms with Gasteiger partial charge in [0.05, 0.1) is 0 Å². The van der Waals surface area contributed by atoms with Crippen LogP contribution in [-0.4, -0.2) is 0 Å². The fourth-order valence-corrected chi connectivity index (χ4v) is 2.78. The number of hydrogen-bond acceptors (Lipinski definition) is 0. The number of aryl methyl sites for hydroxylation is 1. The minimum atomic E-state index is 0.922. The Labute approximate surface area is 101 Å². The summed E-state index contributed by atoms with van der Waals surface area (Å²) in [7, 11) is 0. The molecule has 0 unspecified atom stereocenters. The number of hydrogen-bond donors (Lipinski definition) is 0. The molecule has 0 N–H and O–H groups in total. The van der Waals surface area contributed by atoms with E-state index in [4.69, 9.17) is 11.6 Å². The van der Waals surface area contributed by atoms with Crippen molar-refractivity contribution < 1.29 is 0 Å².